The lowest BCUT2D eigenvalue weighted by molar-refractivity contribution is -0.123. The first-order valence-corrected chi connectivity index (χ1v) is 6.77. The van der Waals surface area contributed by atoms with Crippen molar-refractivity contribution in [2.24, 2.45) is 17.6 Å². The van der Waals surface area contributed by atoms with Crippen molar-refractivity contribution in [1.82, 2.24) is 10.2 Å². The second-order valence-electron chi connectivity index (χ2n) is 4.80. The van der Waals surface area contributed by atoms with Gasteiger partial charge in [0.25, 0.3) is 0 Å². The van der Waals surface area contributed by atoms with Crippen molar-refractivity contribution in [1.29, 1.82) is 0 Å². The van der Waals surface area contributed by atoms with Crippen LogP contribution < -0.4 is 11.1 Å². The predicted molar refractivity (Wildman–Crippen MR) is 68.9 cm³/mol. The number of urea groups is 1. The van der Waals surface area contributed by atoms with E-state index in [4.69, 9.17) is 17.3 Å². The van der Waals surface area contributed by atoms with Gasteiger partial charge in [-0.3, -0.25) is 4.79 Å². The third kappa shape index (κ3) is 2.61. The summed E-state index contributed by atoms with van der Waals surface area (Å²) in [6, 6.07) is -0.382. The summed E-state index contributed by atoms with van der Waals surface area (Å²) >= 11 is 5.66. The lowest BCUT2D eigenvalue weighted by Crippen LogP contribution is -2.52. The molecule has 1 aliphatic heterocycles. The fourth-order valence-electron chi connectivity index (χ4n) is 2.75. The first kappa shape index (κ1) is 13.2. The maximum atomic E-state index is 12.0. The van der Waals surface area contributed by atoms with Crippen LogP contribution in [0.15, 0.2) is 12.3 Å². The Morgan fingerprint density at radius 3 is 3.00 bits per heavy atom. The van der Waals surface area contributed by atoms with Crippen molar-refractivity contribution in [2.75, 3.05) is 12.4 Å². The summed E-state index contributed by atoms with van der Waals surface area (Å²) in [7, 11) is 0. The minimum Gasteiger partial charge on any atom is -0.369 e. The summed E-state index contributed by atoms with van der Waals surface area (Å²) in [5, 5.41) is 2.91. The van der Waals surface area contributed by atoms with E-state index >= 15 is 0 Å². The number of nitrogens with two attached hydrogens (primary N) is 1. The summed E-state index contributed by atoms with van der Waals surface area (Å²) in [6.07, 6.45) is 6.44. The molecule has 1 saturated carbocycles. The summed E-state index contributed by atoms with van der Waals surface area (Å²) in [4.78, 5) is 25.0. The molecule has 18 heavy (non-hydrogen) atoms. The number of fused-ring (bicyclic) bond motifs is 1. The quantitative estimate of drug-likeness (QED) is 0.753. The minimum atomic E-state index is -0.329. The summed E-state index contributed by atoms with van der Waals surface area (Å²) < 4.78 is 0. The topological polar surface area (TPSA) is 75.4 Å². The molecule has 0 aromatic carbocycles. The minimum absolute atomic E-state index is 0.180. The van der Waals surface area contributed by atoms with Crippen LogP contribution in [0.25, 0.3) is 0 Å². The van der Waals surface area contributed by atoms with Gasteiger partial charge in [-0.25, -0.2) is 4.79 Å². The van der Waals surface area contributed by atoms with Gasteiger partial charge in [0.05, 0.1) is 5.92 Å². The van der Waals surface area contributed by atoms with E-state index in [1.54, 1.807) is 11.1 Å². The van der Waals surface area contributed by atoms with Gasteiger partial charge in [-0.1, -0.05) is 12.5 Å². The SMILES string of the molecule is NC(=O)[C@H]1CCCC2C=CN(CCCl)C(=O)NC21. The fourth-order valence-corrected chi connectivity index (χ4v) is 2.93. The zero-order chi connectivity index (χ0) is 13.1. The van der Waals surface area contributed by atoms with Crippen LogP contribution >= 0.6 is 11.6 Å². The summed E-state index contributed by atoms with van der Waals surface area (Å²) in [5.41, 5.74) is 5.41. The molecule has 5 nitrogen and oxygen atoms in total. The van der Waals surface area contributed by atoms with E-state index in [1.165, 1.54) is 0 Å². The fraction of sp³-hybridized carbons (Fsp3) is 0.667. The Balaban J connectivity index is 2.17. The Morgan fingerprint density at radius 2 is 2.33 bits per heavy atom. The highest BCUT2D eigenvalue weighted by molar-refractivity contribution is 6.18. The number of carbonyl (C=O) groups is 2. The van der Waals surface area contributed by atoms with Crippen LogP contribution in [0.2, 0.25) is 0 Å². The number of halogens is 1. The van der Waals surface area contributed by atoms with Gasteiger partial charge in [0.1, 0.15) is 0 Å². The highest BCUT2D eigenvalue weighted by Gasteiger charge is 2.38. The van der Waals surface area contributed by atoms with E-state index in [0.29, 0.717) is 12.4 Å². The number of nitrogens with one attached hydrogen (secondary N) is 1. The number of primary amides is 1. The number of carbonyl (C=O) groups excluding carboxylic acids is 2. The van der Waals surface area contributed by atoms with Gasteiger partial charge in [0, 0.05) is 24.7 Å². The Hall–Kier alpha value is -1.23. The van der Waals surface area contributed by atoms with E-state index in [2.05, 4.69) is 5.32 Å². The van der Waals surface area contributed by atoms with Gasteiger partial charge < -0.3 is 16.0 Å². The van der Waals surface area contributed by atoms with Gasteiger partial charge in [0.2, 0.25) is 5.91 Å². The van der Waals surface area contributed by atoms with Crippen LogP contribution in [0.5, 0.6) is 0 Å². The Labute approximate surface area is 111 Å². The average molecular weight is 272 g/mol. The molecule has 0 saturated heterocycles. The van der Waals surface area contributed by atoms with Gasteiger partial charge in [0.15, 0.2) is 0 Å². The molecule has 0 bridgehead atoms. The van der Waals surface area contributed by atoms with Crippen LogP contribution in [0, 0.1) is 11.8 Å². The molecule has 1 fully saturated rings. The monoisotopic (exact) mass is 271 g/mol. The maximum Gasteiger partial charge on any atom is 0.321 e. The second kappa shape index (κ2) is 5.61. The standard InChI is InChI=1S/C12H18ClN3O2/c13-5-7-16-6-4-8-2-1-3-9(11(14)17)10(8)15-12(16)18/h4,6,8-10H,1-3,5,7H2,(H2,14,17)(H,15,18)/t8?,9-,10?/m0/s1. The van der Waals surface area contributed by atoms with Gasteiger partial charge >= 0.3 is 6.03 Å². The smallest absolute Gasteiger partial charge is 0.321 e. The van der Waals surface area contributed by atoms with Crippen molar-refractivity contribution >= 4 is 23.5 Å². The summed E-state index contributed by atoms with van der Waals surface area (Å²) in [6.45, 7) is 0.463. The van der Waals surface area contributed by atoms with Gasteiger partial charge in [-0.2, -0.15) is 0 Å². The highest BCUT2D eigenvalue weighted by Crippen LogP contribution is 2.31. The first-order valence-electron chi connectivity index (χ1n) is 6.24. The van der Waals surface area contributed by atoms with Crippen LogP contribution in [-0.4, -0.2) is 35.3 Å². The number of nitrogens with zero attached hydrogens (tertiary/aromatic N) is 1. The molecule has 3 N–H and O–H groups in total. The molecule has 0 radical (unpaired) electrons. The zero-order valence-electron chi connectivity index (χ0n) is 10.1. The van der Waals surface area contributed by atoms with Crippen LogP contribution in [-0.2, 0) is 4.79 Å². The van der Waals surface area contributed by atoms with E-state index in [-0.39, 0.29) is 29.8 Å². The number of hydrogen-bond donors (Lipinski definition) is 2. The molecular formula is C12H18ClN3O2. The lowest BCUT2D eigenvalue weighted by Gasteiger charge is -2.34. The molecule has 3 amide bonds. The number of alkyl halides is 1. The van der Waals surface area contributed by atoms with E-state index < -0.39 is 0 Å². The van der Waals surface area contributed by atoms with Gasteiger partial charge in [-0.05, 0) is 18.8 Å². The molecule has 1 aliphatic carbocycles. The van der Waals surface area contributed by atoms with Crippen LogP contribution in [0.1, 0.15) is 19.3 Å². The van der Waals surface area contributed by atoms with Crippen LogP contribution in [0.4, 0.5) is 4.79 Å². The average Bonchev–Trinajstić information content (AvgIpc) is 2.49. The van der Waals surface area contributed by atoms with E-state index in [9.17, 15) is 9.59 Å². The van der Waals surface area contributed by atoms with E-state index in [0.717, 1.165) is 19.3 Å². The molecule has 100 valence electrons. The molecule has 0 aromatic heterocycles. The van der Waals surface area contributed by atoms with E-state index in [1.807, 2.05) is 6.08 Å². The zero-order valence-corrected chi connectivity index (χ0v) is 10.9. The Bertz CT molecular complexity index is 372. The van der Waals surface area contributed by atoms with Crippen molar-refractivity contribution < 1.29 is 9.59 Å². The Morgan fingerprint density at radius 1 is 1.56 bits per heavy atom. The van der Waals surface area contributed by atoms with Crippen molar-refractivity contribution in [3.63, 3.8) is 0 Å². The molecule has 2 aliphatic rings. The normalized spacial score (nSPS) is 31.5. The molecule has 2 unspecified atom stereocenters. The van der Waals surface area contributed by atoms with Crippen molar-refractivity contribution in [3.8, 4) is 0 Å². The lowest BCUT2D eigenvalue weighted by atomic mass is 9.76. The van der Waals surface area contributed by atoms with Crippen LogP contribution in [0.3, 0.4) is 0 Å². The molecule has 2 rings (SSSR count). The number of amides is 3. The van der Waals surface area contributed by atoms with Gasteiger partial charge in [-0.15, -0.1) is 11.6 Å². The maximum absolute atomic E-state index is 12.0. The van der Waals surface area contributed by atoms with Crippen molar-refractivity contribution in [2.45, 2.75) is 25.3 Å². The highest BCUT2D eigenvalue weighted by atomic mass is 35.5. The first-order chi connectivity index (χ1) is 8.63. The molecule has 6 heteroatoms. The van der Waals surface area contributed by atoms with Crippen molar-refractivity contribution in [3.05, 3.63) is 12.3 Å². The third-order valence-corrected chi connectivity index (χ3v) is 3.87. The molecule has 0 aromatic rings. The Kier molecular flexibility index (Phi) is 4.11. The molecule has 0 spiro atoms. The molecule has 1 heterocycles. The summed E-state index contributed by atoms with van der Waals surface area (Å²) in [5.74, 6) is -0.0372. The second-order valence-corrected chi connectivity index (χ2v) is 5.18. The largest absolute Gasteiger partial charge is 0.369 e. The molecule has 3 atom stereocenters. The number of rotatable bonds is 3. The predicted octanol–water partition coefficient (Wildman–Crippen LogP) is 1.03. The molecular weight excluding hydrogens is 254 g/mol. The number of hydrogen-bond acceptors (Lipinski definition) is 2. The third-order valence-electron chi connectivity index (χ3n) is 3.70.